The first kappa shape index (κ1) is 17.7. The summed E-state index contributed by atoms with van der Waals surface area (Å²) < 4.78 is 0. The molecule has 1 saturated carbocycles. The summed E-state index contributed by atoms with van der Waals surface area (Å²) >= 11 is 24.6. The molecule has 0 unspecified atom stereocenters. The molecule has 0 aliphatic heterocycles. The fourth-order valence-corrected chi connectivity index (χ4v) is 3.44. The lowest BCUT2D eigenvalue weighted by atomic mass is 9.83. The molecule has 0 atom stereocenters. The van der Waals surface area contributed by atoms with E-state index in [9.17, 15) is 0 Å². The molecule has 0 amide bonds. The van der Waals surface area contributed by atoms with Crippen LogP contribution in [0.2, 0.25) is 20.1 Å². The average molecular weight is 369 g/mol. The molecule has 1 nitrogen and oxygen atoms in total. The minimum atomic E-state index is 0.237. The summed E-state index contributed by atoms with van der Waals surface area (Å²) in [4.78, 5) is 0. The van der Waals surface area contributed by atoms with E-state index in [0.717, 1.165) is 37.4 Å². The molecule has 0 heterocycles. The van der Waals surface area contributed by atoms with Crippen LogP contribution in [0, 0.1) is 5.41 Å². The topological polar surface area (TPSA) is 12.0 Å². The average Bonchev–Trinajstić information content (AvgIpc) is 3.20. The molecule has 1 aromatic rings. The van der Waals surface area contributed by atoms with Gasteiger partial charge in [0.1, 0.15) is 0 Å². The Morgan fingerprint density at radius 1 is 1.05 bits per heavy atom. The van der Waals surface area contributed by atoms with Gasteiger partial charge in [-0.2, -0.15) is 0 Å². The fourth-order valence-electron chi connectivity index (χ4n) is 2.32. The quantitative estimate of drug-likeness (QED) is 0.433. The Bertz CT molecular complexity index is 509. The predicted octanol–water partition coefficient (Wildman–Crippen LogP) is 6.40. The molecule has 0 radical (unpaired) electrons. The van der Waals surface area contributed by atoms with Gasteiger partial charge in [0.2, 0.25) is 0 Å². The Morgan fingerprint density at radius 3 is 2.33 bits per heavy atom. The van der Waals surface area contributed by atoms with E-state index in [1.54, 1.807) is 6.07 Å². The van der Waals surface area contributed by atoms with Crippen molar-refractivity contribution in [2.45, 2.75) is 52.0 Å². The summed E-state index contributed by atoms with van der Waals surface area (Å²) in [6.45, 7) is 5.63. The van der Waals surface area contributed by atoms with Crippen LogP contribution in [0.4, 0.5) is 0 Å². The predicted molar refractivity (Wildman–Crippen MR) is 94.2 cm³/mol. The van der Waals surface area contributed by atoms with Gasteiger partial charge in [-0.15, -0.1) is 0 Å². The van der Waals surface area contributed by atoms with E-state index >= 15 is 0 Å². The van der Waals surface area contributed by atoms with Gasteiger partial charge in [-0.1, -0.05) is 60.3 Å². The standard InChI is InChI=1S/C16H21Cl4N/c1-16(2,7-8-21-10-3-4-10)6-5-11-12(17)9-13(18)15(20)14(11)19/h9-10,21H,3-8H2,1-2H3. The van der Waals surface area contributed by atoms with E-state index < -0.39 is 0 Å². The van der Waals surface area contributed by atoms with Crippen LogP contribution in [0.25, 0.3) is 0 Å². The zero-order valence-electron chi connectivity index (χ0n) is 12.4. The van der Waals surface area contributed by atoms with Crippen LogP contribution in [0.15, 0.2) is 6.07 Å². The molecular formula is C16H21Cl4N. The lowest BCUT2D eigenvalue weighted by Crippen LogP contribution is -2.24. The van der Waals surface area contributed by atoms with Gasteiger partial charge in [-0.25, -0.2) is 0 Å². The van der Waals surface area contributed by atoms with Crippen LogP contribution in [0.1, 0.15) is 45.1 Å². The molecule has 1 fully saturated rings. The van der Waals surface area contributed by atoms with E-state index in [0.29, 0.717) is 20.1 Å². The second-order valence-corrected chi connectivity index (χ2v) is 8.16. The summed E-state index contributed by atoms with van der Waals surface area (Å²) in [5.74, 6) is 0. The molecule has 1 aliphatic rings. The Labute approximate surface area is 147 Å². The van der Waals surface area contributed by atoms with Gasteiger partial charge >= 0.3 is 0 Å². The van der Waals surface area contributed by atoms with Crippen molar-refractivity contribution in [2.75, 3.05) is 6.54 Å². The molecule has 0 spiro atoms. The van der Waals surface area contributed by atoms with Crippen LogP contribution < -0.4 is 5.32 Å². The van der Waals surface area contributed by atoms with Crippen molar-refractivity contribution in [1.82, 2.24) is 5.32 Å². The maximum absolute atomic E-state index is 6.27. The lowest BCUT2D eigenvalue weighted by Gasteiger charge is -2.25. The van der Waals surface area contributed by atoms with E-state index in [1.807, 2.05) is 0 Å². The number of hydrogen-bond acceptors (Lipinski definition) is 1. The first-order valence-electron chi connectivity index (χ1n) is 7.35. The van der Waals surface area contributed by atoms with Crippen molar-refractivity contribution in [3.05, 3.63) is 31.7 Å². The lowest BCUT2D eigenvalue weighted by molar-refractivity contribution is 0.302. The highest BCUT2D eigenvalue weighted by atomic mass is 35.5. The monoisotopic (exact) mass is 367 g/mol. The van der Waals surface area contributed by atoms with Crippen molar-refractivity contribution in [1.29, 1.82) is 0 Å². The highest BCUT2D eigenvalue weighted by molar-refractivity contribution is 6.49. The zero-order valence-corrected chi connectivity index (χ0v) is 15.4. The van der Waals surface area contributed by atoms with Crippen LogP contribution >= 0.6 is 46.4 Å². The Morgan fingerprint density at radius 2 is 1.71 bits per heavy atom. The number of nitrogens with one attached hydrogen (secondary N) is 1. The number of benzene rings is 1. The van der Waals surface area contributed by atoms with Crippen LogP contribution in [-0.4, -0.2) is 12.6 Å². The third-order valence-electron chi connectivity index (χ3n) is 4.07. The maximum atomic E-state index is 6.27. The second kappa shape index (κ2) is 7.27. The van der Waals surface area contributed by atoms with E-state index in [1.165, 1.54) is 12.8 Å². The summed E-state index contributed by atoms with van der Waals surface area (Å²) in [6.07, 6.45) is 5.62. The molecular weight excluding hydrogens is 348 g/mol. The molecule has 2 rings (SSSR count). The SMILES string of the molecule is CC(C)(CCNC1CC1)CCc1c(Cl)cc(Cl)c(Cl)c1Cl. The normalized spacial score (nSPS) is 15.5. The van der Waals surface area contributed by atoms with E-state index in [-0.39, 0.29) is 5.41 Å². The summed E-state index contributed by atoms with van der Waals surface area (Å²) in [7, 11) is 0. The van der Waals surface area contributed by atoms with Gasteiger partial charge in [-0.3, -0.25) is 0 Å². The maximum Gasteiger partial charge on any atom is 0.0782 e. The van der Waals surface area contributed by atoms with Crippen molar-refractivity contribution >= 4 is 46.4 Å². The summed E-state index contributed by atoms with van der Waals surface area (Å²) in [5, 5.41) is 5.45. The van der Waals surface area contributed by atoms with Crippen molar-refractivity contribution in [3.8, 4) is 0 Å². The van der Waals surface area contributed by atoms with Crippen LogP contribution in [-0.2, 0) is 6.42 Å². The van der Waals surface area contributed by atoms with E-state index in [4.69, 9.17) is 46.4 Å². The number of hydrogen-bond donors (Lipinski definition) is 1. The van der Waals surface area contributed by atoms with Gasteiger partial charge in [-0.05, 0) is 55.7 Å². The Kier molecular flexibility index (Phi) is 6.13. The van der Waals surface area contributed by atoms with Gasteiger partial charge in [0.05, 0.1) is 15.1 Å². The molecule has 1 aromatic carbocycles. The minimum absolute atomic E-state index is 0.237. The first-order chi connectivity index (χ1) is 9.80. The highest BCUT2D eigenvalue weighted by Gasteiger charge is 2.23. The van der Waals surface area contributed by atoms with Gasteiger partial charge in [0.15, 0.2) is 0 Å². The molecule has 1 N–H and O–H groups in total. The summed E-state index contributed by atoms with van der Waals surface area (Å²) in [6, 6.07) is 2.44. The fraction of sp³-hybridized carbons (Fsp3) is 0.625. The van der Waals surface area contributed by atoms with E-state index in [2.05, 4.69) is 19.2 Å². The van der Waals surface area contributed by atoms with Crippen molar-refractivity contribution in [2.24, 2.45) is 5.41 Å². The summed E-state index contributed by atoms with van der Waals surface area (Å²) in [5.41, 5.74) is 1.14. The van der Waals surface area contributed by atoms with Gasteiger partial charge < -0.3 is 5.32 Å². The second-order valence-electron chi connectivity index (χ2n) is 6.59. The zero-order chi connectivity index (χ0) is 15.6. The van der Waals surface area contributed by atoms with Crippen molar-refractivity contribution in [3.63, 3.8) is 0 Å². The molecule has 0 saturated heterocycles. The molecule has 0 bridgehead atoms. The van der Waals surface area contributed by atoms with Crippen LogP contribution in [0.3, 0.4) is 0 Å². The molecule has 5 heteroatoms. The number of rotatable bonds is 7. The third-order valence-corrected chi connectivity index (χ3v) is 5.71. The highest BCUT2D eigenvalue weighted by Crippen LogP contribution is 2.39. The molecule has 1 aliphatic carbocycles. The van der Waals surface area contributed by atoms with Crippen molar-refractivity contribution < 1.29 is 0 Å². The Balaban J connectivity index is 1.93. The van der Waals surface area contributed by atoms with Gasteiger partial charge in [0.25, 0.3) is 0 Å². The van der Waals surface area contributed by atoms with Gasteiger partial charge in [0, 0.05) is 11.1 Å². The molecule has 118 valence electrons. The molecule has 0 aromatic heterocycles. The smallest absolute Gasteiger partial charge is 0.0782 e. The number of halogens is 4. The third kappa shape index (κ3) is 5.18. The first-order valence-corrected chi connectivity index (χ1v) is 8.86. The molecule has 21 heavy (non-hydrogen) atoms. The largest absolute Gasteiger partial charge is 0.314 e. The van der Waals surface area contributed by atoms with Crippen LogP contribution in [0.5, 0.6) is 0 Å². The minimum Gasteiger partial charge on any atom is -0.314 e. The Hall–Kier alpha value is 0.340.